The number of anilines is 1. The first-order valence-corrected chi connectivity index (χ1v) is 12.0. The second-order valence-electron chi connectivity index (χ2n) is 9.63. The molecule has 0 unspecified atom stereocenters. The lowest BCUT2D eigenvalue weighted by Crippen LogP contribution is -2.48. The van der Waals surface area contributed by atoms with Gasteiger partial charge in [-0.3, -0.25) is 19.2 Å². The lowest BCUT2D eigenvalue weighted by atomic mass is 9.64. The molecule has 3 atom stereocenters. The van der Waals surface area contributed by atoms with Gasteiger partial charge in [-0.25, -0.2) is 4.39 Å². The molecular weight excluding hydrogens is 473 g/mol. The molecule has 6 rings (SSSR count). The van der Waals surface area contributed by atoms with Crippen LogP contribution in [-0.4, -0.2) is 35.4 Å². The van der Waals surface area contributed by atoms with Crippen LogP contribution in [-0.2, 0) is 9.59 Å². The van der Waals surface area contributed by atoms with E-state index in [9.17, 15) is 19.2 Å². The topological polar surface area (TPSA) is 80.8 Å². The number of fused-ring (bicyclic) bond motifs is 5. The van der Waals surface area contributed by atoms with Crippen LogP contribution in [0.5, 0.6) is 5.75 Å². The average Bonchev–Trinajstić information content (AvgIpc) is 3.30. The number of hydrogen-bond acceptors (Lipinski definition) is 6. The number of carbonyl (C=O) groups excluding carboxylic acids is 4. The van der Waals surface area contributed by atoms with E-state index in [4.69, 9.17) is 4.74 Å². The zero-order valence-electron chi connectivity index (χ0n) is 20.1. The SMILES string of the molecule is CC(=O)Oc1cccc2c1N1[C@H](C(C)=O)[C@H](c3ccccc3F)C3(C(=O)c4ccccc4C3=O)[C@@H]1C=C2. The van der Waals surface area contributed by atoms with Crippen molar-refractivity contribution in [3.63, 3.8) is 0 Å². The monoisotopic (exact) mass is 495 g/mol. The molecule has 37 heavy (non-hydrogen) atoms. The third-order valence-corrected chi connectivity index (χ3v) is 7.70. The highest BCUT2D eigenvalue weighted by Crippen LogP contribution is 2.61. The molecule has 1 fully saturated rings. The largest absolute Gasteiger partial charge is 0.424 e. The Hall–Kier alpha value is -4.39. The van der Waals surface area contributed by atoms with Gasteiger partial charge < -0.3 is 9.64 Å². The Labute approximate surface area is 212 Å². The Kier molecular flexibility index (Phi) is 5.02. The van der Waals surface area contributed by atoms with E-state index in [0.29, 0.717) is 11.3 Å². The fourth-order valence-electron chi connectivity index (χ4n) is 6.44. The molecule has 3 aliphatic rings. The Morgan fingerprint density at radius 3 is 2.16 bits per heavy atom. The summed E-state index contributed by atoms with van der Waals surface area (Å²) in [5, 5.41) is 0. The number of hydrogen-bond donors (Lipinski definition) is 0. The van der Waals surface area contributed by atoms with Gasteiger partial charge in [-0.15, -0.1) is 0 Å². The number of carbonyl (C=O) groups is 4. The lowest BCUT2D eigenvalue weighted by molar-refractivity contribution is -0.131. The van der Waals surface area contributed by atoms with E-state index in [1.165, 1.54) is 32.0 Å². The molecule has 3 aromatic carbocycles. The van der Waals surface area contributed by atoms with Crippen molar-refractivity contribution in [3.05, 3.63) is 101 Å². The number of nitrogens with zero attached hydrogens (tertiary/aromatic N) is 1. The summed E-state index contributed by atoms with van der Waals surface area (Å²) >= 11 is 0. The van der Waals surface area contributed by atoms with Crippen molar-refractivity contribution in [2.24, 2.45) is 5.41 Å². The average molecular weight is 496 g/mol. The Bertz CT molecular complexity index is 1520. The minimum absolute atomic E-state index is 0.117. The van der Waals surface area contributed by atoms with Gasteiger partial charge in [0.25, 0.3) is 0 Å². The van der Waals surface area contributed by atoms with Crippen molar-refractivity contribution in [2.75, 3.05) is 4.90 Å². The second-order valence-corrected chi connectivity index (χ2v) is 9.63. The van der Waals surface area contributed by atoms with Crippen LogP contribution in [0.15, 0.2) is 72.8 Å². The third-order valence-electron chi connectivity index (χ3n) is 7.70. The third kappa shape index (κ3) is 2.97. The smallest absolute Gasteiger partial charge is 0.308 e. The van der Waals surface area contributed by atoms with E-state index in [0.717, 1.165) is 0 Å². The molecule has 2 heterocycles. The zero-order chi connectivity index (χ0) is 26.1. The number of Topliss-reactive ketones (excluding diaryl/α,β-unsaturated/α-hetero) is 3. The van der Waals surface area contributed by atoms with Crippen molar-refractivity contribution < 1.29 is 28.3 Å². The first kappa shape index (κ1) is 23.0. The Morgan fingerprint density at radius 2 is 1.54 bits per heavy atom. The molecule has 1 saturated heterocycles. The summed E-state index contributed by atoms with van der Waals surface area (Å²) in [6.45, 7) is 2.64. The molecule has 1 aliphatic carbocycles. The van der Waals surface area contributed by atoms with Crippen molar-refractivity contribution in [1.29, 1.82) is 0 Å². The first-order valence-electron chi connectivity index (χ1n) is 12.0. The lowest BCUT2D eigenvalue weighted by Gasteiger charge is -2.37. The van der Waals surface area contributed by atoms with Crippen LogP contribution in [0, 0.1) is 11.2 Å². The molecular formula is C30H22FNO5. The quantitative estimate of drug-likeness (QED) is 0.296. The predicted octanol–water partition coefficient (Wildman–Crippen LogP) is 4.77. The van der Waals surface area contributed by atoms with Crippen LogP contribution in [0.3, 0.4) is 0 Å². The Balaban J connectivity index is 1.70. The van der Waals surface area contributed by atoms with Crippen LogP contribution >= 0.6 is 0 Å². The maximum atomic E-state index is 15.5. The number of rotatable bonds is 3. The summed E-state index contributed by atoms with van der Waals surface area (Å²) in [4.78, 5) is 55.7. The van der Waals surface area contributed by atoms with E-state index in [1.807, 2.05) is 0 Å². The van der Waals surface area contributed by atoms with Gasteiger partial charge in [0.1, 0.15) is 11.2 Å². The van der Waals surface area contributed by atoms with Gasteiger partial charge in [-0.1, -0.05) is 66.7 Å². The van der Waals surface area contributed by atoms with Gasteiger partial charge in [-0.05, 0) is 24.6 Å². The van der Waals surface area contributed by atoms with Gasteiger partial charge >= 0.3 is 5.97 Å². The fraction of sp³-hybridized carbons (Fsp3) is 0.200. The van der Waals surface area contributed by atoms with E-state index >= 15 is 4.39 Å². The molecule has 6 nitrogen and oxygen atoms in total. The Morgan fingerprint density at radius 1 is 0.892 bits per heavy atom. The number of esters is 1. The van der Waals surface area contributed by atoms with Gasteiger partial charge in [0, 0.05) is 29.5 Å². The molecule has 0 radical (unpaired) electrons. The van der Waals surface area contributed by atoms with Crippen LogP contribution in [0.25, 0.3) is 6.08 Å². The minimum atomic E-state index is -1.79. The number of benzene rings is 3. The van der Waals surface area contributed by atoms with Crippen LogP contribution in [0.2, 0.25) is 0 Å². The van der Waals surface area contributed by atoms with E-state index < -0.39 is 46.8 Å². The molecule has 0 amide bonds. The zero-order valence-corrected chi connectivity index (χ0v) is 20.1. The molecule has 7 heteroatoms. The number of ether oxygens (including phenoxy) is 1. The van der Waals surface area contributed by atoms with Crippen LogP contribution in [0.1, 0.15) is 51.6 Å². The maximum Gasteiger partial charge on any atom is 0.308 e. The summed E-state index contributed by atoms with van der Waals surface area (Å²) in [7, 11) is 0. The van der Waals surface area contributed by atoms with Crippen molar-refractivity contribution in [2.45, 2.75) is 31.8 Å². The van der Waals surface area contributed by atoms with E-state index in [2.05, 4.69) is 0 Å². The van der Waals surface area contributed by atoms with Crippen LogP contribution in [0.4, 0.5) is 10.1 Å². The minimum Gasteiger partial charge on any atom is -0.424 e. The van der Waals surface area contributed by atoms with Crippen LogP contribution < -0.4 is 9.64 Å². The summed E-state index contributed by atoms with van der Waals surface area (Å²) in [5.74, 6) is -3.32. The molecule has 0 N–H and O–H groups in total. The molecule has 0 bridgehead atoms. The van der Waals surface area contributed by atoms with Gasteiger partial charge in [0.2, 0.25) is 0 Å². The van der Waals surface area contributed by atoms with Gasteiger partial charge in [0.05, 0.1) is 17.8 Å². The first-order chi connectivity index (χ1) is 17.8. The van der Waals surface area contributed by atoms with Gasteiger partial charge in [0.15, 0.2) is 23.1 Å². The van der Waals surface area contributed by atoms with Crippen molar-refractivity contribution in [3.8, 4) is 5.75 Å². The highest BCUT2D eigenvalue weighted by atomic mass is 19.1. The summed E-state index contributed by atoms with van der Waals surface area (Å²) in [5.41, 5.74) is -0.0941. The van der Waals surface area contributed by atoms with Crippen molar-refractivity contribution in [1.82, 2.24) is 0 Å². The molecule has 184 valence electrons. The normalized spacial score (nSPS) is 22.6. The summed E-state index contributed by atoms with van der Waals surface area (Å²) in [6.07, 6.45) is 3.49. The standard InChI is InChI=1S/C30H22FNO5/c1-16(33)26-25(21-11-5-6-12-22(21)31)30(28(35)19-9-3-4-10-20(19)29(30)36)24-15-14-18-8-7-13-23(37-17(2)34)27(18)32(24)26/h3-15,24-26H,1-2H3/t24-,25-,26+/m0/s1. The molecule has 0 aromatic heterocycles. The molecule has 3 aromatic rings. The van der Waals surface area contributed by atoms with Gasteiger partial charge in [-0.2, -0.15) is 0 Å². The van der Waals surface area contributed by atoms with E-state index in [1.54, 1.807) is 65.6 Å². The summed E-state index contributed by atoms with van der Waals surface area (Å²) < 4.78 is 21.0. The number of ketones is 3. The second kappa shape index (κ2) is 8.06. The predicted molar refractivity (Wildman–Crippen MR) is 134 cm³/mol. The van der Waals surface area contributed by atoms with E-state index in [-0.39, 0.29) is 28.2 Å². The fourth-order valence-corrected chi connectivity index (χ4v) is 6.44. The molecule has 1 spiro atoms. The summed E-state index contributed by atoms with van der Waals surface area (Å²) in [6, 6.07) is 15.6. The number of halogens is 1. The maximum absolute atomic E-state index is 15.5. The highest BCUT2D eigenvalue weighted by molar-refractivity contribution is 6.32. The van der Waals surface area contributed by atoms with Crippen molar-refractivity contribution >= 4 is 35.1 Å². The molecule has 2 aliphatic heterocycles. The number of para-hydroxylation sites is 1. The molecule has 0 saturated carbocycles. The highest BCUT2D eigenvalue weighted by Gasteiger charge is 2.71.